The van der Waals surface area contributed by atoms with Crippen molar-refractivity contribution in [3.63, 3.8) is 0 Å². The van der Waals surface area contributed by atoms with E-state index < -0.39 is 6.10 Å². The highest BCUT2D eigenvalue weighted by molar-refractivity contribution is 5.83. The summed E-state index contributed by atoms with van der Waals surface area (Å²) < 4.78 is 11.1. The summed E-state index contributed by atoms with van der Waals surface area (Å²) in [5, 5.41) is 0.875. The molecule has 0 saturated carbocycles. The van der Waals surface area contributed by atoms with Crippen molar-refractivity contribution in [1.29, 1.82) is 0 Å². The third-order valence-electron chi connectivity index (χ3n) is 4.63. The lowest BCUT2D eigenvalue weighted by molar-refractivity contribution is -0.138. The van der Waals surface area contributed by atoms with Crippen LogP contribution in [0.2, 0.25) is 0 Å². The molecule has 0 N–H and O–H groups in total. The zero-order valence-corrected chi connectivity index (χ0v) is 16.3. The molecule has 1 unspecified atom stereocenters. The van der Waals surface area contributed by atoms with Crippen LogP contribution in [-0.4, -0.2) is 28.4 Å². The molecular weight excluding hydrogens is 356 g/mol. The van der Waals surface area contributed by atoms with Crippen LogP contribution in [0.5, 0.6) is 5.75 Å². The van der Waals surface area contributed by atoms with Crippen LogP contribution < -0.4 is 10.4 Å². The number of hydrogen-bond acceptors (Lipinski definition) is 5. The SMILES string of the molecule is CCc1cc(=O)oc2cc(OC(C)C(=O)N(CC)Cc3cccnc3)ccc12. The summed E-state index contributed by atoms with van der Waals surface area (Å²) in [7, 11) is 0. The number of fused-ring (bicyclic) bond motifs is 1. The highest BCUT2D eigenvalue weighted by Gasteiger charge is 2.21. The minimum atomic E-state index is -0.671. The van der Waals surface area contributed by atoms with Crippen LogP contribution in [0, 0.1) is 0 Å². The molecule has 0 bridgehead atoms. The Hall–Kier alpha value is -3.15. The highest BCUT2D eigenvalue weighted by Crippen LogP contribution is 2.24. The van der Waals surface area contributed by atoms with Crippen LogP contribution >= 0.6 is 0 Å². The monoisotopic (exact) mass is 380 g/mol. The molecule has 28 heavy (non-hydrogen) atoms. The number of aromatic nitrogens is 1. The molecule has 0 aliphatic carbocycles. The van der Waals surface area contributed by atoms with E-state index in [0.29, 0.717) is 24.4 Å². The van der Waals surface area contributed by atoms with Gasteiger partial charge in [0, 0.05) is 43.0 Å². The molecule has 2 heterocycles. The maximum Gasteiger partial charge on any atom is 0.336 e. The van der Waals surface area contributed by atoms with E-state index in [0.717, 1.165) is 22.9 Å². The summed E-state index contributed by atoms with van der Waals surface area (Å²) in [5.41, 5.74) is 1.96. The van der Waals surface area contributed by atoms with Crippen LogP contribution in [0.15, 0.2) is 58.0 Å². The van der Waals surface area contributed by atoms with Crippen molar-refractivity contribution in [1.82, 2.24) is 9.88 Å². The first kappa shape index (κ1) is 19.6. The number of ether oxygens (including phenoxy) is 1. The number of pyridine rings is 1. The van der Waals surface area contributed by atoms with Crippen molar-refractivity contribution in [3.8, 4) is 5.75 Å². The lowest BCUT2D eigenvalue weighted by Crippen LogP contribution is -2.40. The molecule has 0 radical (unpaired) electrons. The van der Waals surface area contributed by atoms with Gasteiger partial charge < -0.3 is 14.1 Å². The molecule has 0 aliphatic heterocycles. The quantitative estimate of drug-likeness (QED) is 0.586. The van der Waals surface area contributed by atoms with E-state index in [4.69, 9.17) is 9.15 Å². The molecule has 3 rings (SSSR count). The molecule has 1 amide bonds. The largest absolute Gasteiger partial charge is 0.481 e. The van der Waals surface area contributed by atoms with Gasteiger partial charge >= 0.3 is 5.63 Å². The van der Waals surface area contributed by atoms with Crippen molar-refractivity contribution < 1.29 is 13.9 Å². The third kappa shape index (κ3) is 4.39. The number of likely N-dealkylation sites (N-methyl/N-ethyl adjacent to an activating group) is 1. The Balaban J connectivity index is 1.76. The fraction of sp³-hybridized carbons (Fsp3) is 0.318. The van der Waals surface area contributed by atoms with E-state index in [9.17, 15) is 9.59 Å². The highest BCUT2D eigenvalue weighted by atomic mass is 16.5. The van der Waals surface area contributed by atoms with Crippen LogP contribution in [0.1, 0.15) is 31.9 Å². The van der Waals surface area contributed by atoms with Gasteiger partial charge in [0.2, 0.25) is 0 Å². The summed E-state index contributed by atoms with van der Waals surface area (Å²) in [6.45, 7) is 6.67. The zero-order valence-electron chi connectivity index (χ0n) is 16.3. The van der Waals surface area contributed by atoms with Gasteiger partial charge in [0.15, 0.2) is 6.10 Å². The van der Waals surface area contributed by atoms with E-state index in [1.807, 2.05) is 32.0 Å². The predicted octanol–water partition coefficient (Wildman–Crippen LogP) is 3.57. The third-order valence-corrected chi connectivity index (χ3v) is 4.63. The van der Waals surface area contributed by atoms with E-state index in [1.165, 1.54) is 6.07 Å². The molecule has 0 fully saturated rings. The first-order chi connectivity index (χ1) is 13.5. The van der Waals surface area contributed by atoms with Crippen LogP contribution in [0.4, 0.5) is 0 Å². The Morgan fingerprint density at radius 3 is 2.75 bits per heavy atom. The second-order valence-electron chi connectivity index (χ2n) is 6.58. The average molecular weight is 380 g/mol. The Bertz CT molecular complexity index is 1010. The summed E-state index contributed by atoms with van der Waals surface area (Å²) in [5.74, 6) is 0.373. The standard InChI is InChI=1S/C22H24N2O4/c1-4-17-11-21(25)28-20-12-18(8-9-19(17)20)27-15(3)22(26)24(5-2)14-16-7-6-10-23-13-16/h6-13,15H,4-5,14H2,1-3H3. The number of nitrogens with zero attached hydrogens (tertiary/aromatic N) is 2. The summed E-state index contributed by atoms with van der Waals surface area (Å²) in [6, 6.07) is 10.6. The number of carbonyl (C=O) groups excluding carboxylic acids is 1. The Morgan fingerprint density at radius 1 is 1.25 bits per heavy atom. The fourth-order valence-corrected chi connectivity index (χ4v) is 3.15. The van der Waals surface area contributed by atoms with Crippen molar-refractivity contribution in [2.24, 2.45) is 0 Å². The second-order valence-corrected chi connectivity index (χ2v) is 6.58. The predicted molar refractivity (Wildman–Crippen MR) is 107 cm³/mol. The average Bonchev–Trinajstić information content (AvgIpc) is 2.71. The van der Waals surface area contributed by atoms with Crippen molar-refractivity contribution in [2.45, 2.75) is 39.8 Å². The van der Waals surface area contributed by atoms with Gasteiger partial charge in [-0.05, 0) is 49.6 Å². The first-order valence-electron chi connectivity index (χ1n) is 9.43. The maximum atomic E-state index is 12.8. The number of benzene rings is 1. The molecular formula is C22H24N2O4. The Morgan fingerprint density at radius 2 is 2.07 bits per heavy atom. The maximum absolute atomic E-state index is 12.8. The van der Waals surface area contributed by atoms with E-state index >= 15 is 0 Å². The molecule has 3 aromatic rings. The van der Waals surface area contributed by atoms with E-state index in [2.05, 4.69) is 4.98 Å². The van der Waals surface area contributed by atoms with Gasteiger partial charge in [0.1, 0.15) is 11.3 Å². The molecule has 6 heteroatoms. The Labute approximate surface area is 163 Å². The normalized spacial score (nSPS) is 12.0. The van der Waals surface area contributed by atoms with Gasteiger partial charge in [-0.3, -0.25) is 9.78 Å². The van der Waals surface area contributed by atoms with Gasteiger partial charge in [-0.15, -0.1) is 0 Å². The van der Waals surface area contributed by atoms with Gasteiger partial charge in [-0.25, -0.2) is 4.79 Å². The first-order valence-corrected chi connectivity index (χ1v) is 9.43. The van der Waals surface area contributed by atoms with Crippen molar-refractivity contribution in [3.05, 3.63) is 70.3 Å². The van der Waals surface area contributed by atoms with Crippen LogP contribution in [0.3, 0.4) is 0 Å². The van der Waals surface area contributed by atoms with Crippen LogP contribution in [-0.2, 0) is 17.8 Å². The molecule has 0 saturated heterocycles. The fourth-order valence-electron chi connectivity index (χ4n) is 3.15. The number of carbonyl (C=O) groups is 1. The topological polar surface area (TPSA) is 72.6 Å². The minimum Gasteiger partial charge on any atom is -0.481 e. The second kappa shape index (κ2) is 8.69. The lowest BCUT2D eigenvalue weighted by Gasteiger charge is -2.25. The number of aryl methyl sites for hydroxylation is 1. The molecule has 1 aromatic carbocycles. The Kier molecular flexibility index (Phi) is 6.09. The van der Waals surface area contributed by atoms with E-state index in [1.54, 1.807) is 36.4 Å². The summed E-state index contributed by atoms with van der Waals surface area (Å²) >= 11 is 0. The molecule has 1 atom stereocenters. The molecule has 2 aromatic heterocycles. The van der Waals surface area contributed by atoms with Crippen molar-refractivity contribution >= 4 is 16.9 Å². The van der Waals surface area contributed by atoms with Gasteiger partial charge in [0.05, 0.1) is 0 Å². The van der Waals surface area contributed by atoms with Gasteiger partial charge in [0.25, 0.3) is 5.91 Å². The minimum absolute atomic E-state index is 0.116. The lowest BCUT2D eigenvalue weighted by atomic mass is 10.1. The molecule has 146 valence electrons. The molecule has 0 aliphatic rings. The number of rotatable bonds is 7. The summed E-state index contributed by atoms with van der Waals surface area (Å²) in [6.07, 6.45) is 3.51. The van der Waals surface area contributed by atoms with E-state index in [-0.39, 0.29) is 11.5 Å². The van der Waals surface area contributed by atoms with Crippen LogP contribution in [0.25, 0.3) is 11.0 Å². The number of amides is 1. The van der Waals surface area contributed by atoms with Gasteiger partial charge in [-0.1, -0.05) is 13.0 Å². The van der Waals surface area contributed by atoms with Crippen molar-refractivity contribution in [2.75, 3.05) is 6.54 Å². The summed E-state index contributed by atoms with van der Waals surface area (Å²) in [4.78, 5) is 30.4. The molecule has 6 nitrogen and oxygen atoms in total. The van der Waals surface area contributed by atoms with Gasteiger partial charge in [-0.2, -0.15) is 0 Å². The molecule has 0 spiro atoms. The zero-order chi connectivity index (χ0) is 20.1. The smallest absolute Gasteiger partial charge is 0.336 e. The number of hydrogen-bond donors (Lipinski definition) is 0.